The molecule has 0 radical (unpaired) electrons. The van der Waals surface area contributed by atoms with Crippen LogP contribution in [0.1, 0.15) is 38.5 Å². The molecule has 5 nitrogen and oxygen atoms in total. The third-order valence-electron chi connectivity index (χ3n) is 5.37. The zero-order valence-corrected chi connectivity index (χ0v) is 12.9. The Bertz CT molecular complexity index is 439. The molecule has 1 N–H and O–H groups in total. The van der Waals surface area contributed by atoms with Crippen LogP contribution < -0.4 is 0 Å². The number of hydrogen-bond donors (Lipinski definition) is 1. The van der Waals surface area contributed by atoms with Crippen molar-refractivity contribution in [1.82, 2.24) is 9.32 Å². The summed E-state index contributed by atoms with van der Waals surface area (Å²) >= 11 is 6.34. The molecule has 2 aliphatic carbocycles. The van der Waals surface area contributed by atoms with Crippen LogP contribution in [0, 0.1) is 23.2 Å². The number of hydrogen-bond acceptors (Lipinski definition) is 4. The van der Waals surface area contributed by atoms with Crippen molar-refractivity contribution in [2.75, 3.05) is 13.1 Å². The molecule has 0 aromatic rings. The van der Waals surface area contributed by atoms with Crippen molar-refractivity contribution in [1.29, 1.82) is 5.26 Å². The van der Waals surface area contributed by atoms with Gasteiger partial charge in [0.2, 0.25) is 5.91 Å². The molecule has 0 aromatic carbocycles. The zero-order chi connectivity index (χ0) is 15.0. The van der Waals surface area contributed by atoms with Crippen molar-refractivity contribution in [2.24, 2.45) is 11.8 Å². The second kappa shape index (κ2) is 6.12. The van der Waals surface area contributed by atoms with Crippen molar-refractivity contribution >= 4 is 17.7 Å². The smallest absolute Gasteiger partial charge is 0.239 e. The minimum Gasteiger partial charge on any atom is -0.393 e. The highest BCUT2D eigenvalue weighted by Crippen LogP contribution is 2.46. The predicted molar refractivity (Wildman–Crippen MR) is 78.1 cm³/mol. The zero-order valence-electron chi connectivity index (χ0n) is 12.1. The number of nitrogens with zero attached hydrogens (tertiary/aromatic N) is 3. The molecule has 5 atom stereocenters. The maximum absolute atomic E-state index is 12.3. The van der Waals surface area contributed by atoms with E-state index in [-0.39, 0.29) is 30.6 Å². The van der Waals surface area contributed by atoms with Crippen LogP contribution in [0.15, 0.2) is 0 Å². The van der Waals surface area contributed by atoms with Crippen molar-refractivity contribution in [3.05, 3.63) is 0 Å². The summed E-state index contributed by atoms with van der Waals surface area (Å²) in [5, 5.41) is 18.7. The summed E-state index contributed by atoms with van der Waals surface area (Å²) in [7, 11) is 0. The molecule has 3 fully saturated rings. The summed E-state index contributed by atoms with van der Waals surface area (Å²) in [5.41, 5.74) is 0. The predicted octanol–water partition coefficient (Wildman–Crippen LogP) is 1.51. The lowest BCUT2D eigenvalue weighted by molar-refractivity contribution is -0.131. The minimum absolute atomic E-state index is 0.0360. The summed E-state index contributed by atoms with van der Waals surface area (Å²) < 4.78 is 1.64. The number of rotatable bonds is 3. The van der Waals surface area contributed by atoms with E-state index in [4.69, 9.17) is 17.0 Å². The van der Waals surface area contributed by atoms with Gasteiger partial charge in [0.1, 0.15) is 6.04 Å². The van der Waals surface area contributed by atoms with Crippen molar-refractivity contribution < 1.29 is 9.90 Å². The summed E-state index contributed by atoms with van der Waals surface area (Å²) in [5.74, 6) is 1.08. The van der Waals surface area contributed by atoms with E-state index in [1.807, 2.05) is 0 Å². The fourth-order valence-electron chi connectivity index (χ4n) is 4.33. The van der Waals surface area contributed by atoms with E-state index in [9.17, 15) is 9.90 Å². The molecular weight excluding hydrogens is 290 g/mol. The van der Waals surface area contributed by atoms with Gasteiger partial charge in [0.15, 0.2) is 0 Å². The average molecular weight is 312 g/mol. The molecule has 21 heavy (non-hydrogen) atoms. The molecule has 0 aromatic heterocycles. The number of carbonyl (C=O) groups is 1. The molecule has 0 spiro atoms. The number of aliphatic hydroxyl groups is 1. The normalized spacial score (nSPS) is 38.8. The van der Waals surface area contributed by atoms with E-state index in [0.29, 0.717) is 18.4 Å². The molecule has 0 unspecified atom stereocenters. The van der Waals surface area contributed by atoms with Gasteiger partial charge < -0.3 is 10.0 Å². The number of likely N-dealkylation sites (tertiary alicyclic amines) is 1. The number of fused-ring (bicyclic) bond motifs is 1. The van der Waals surface area contributed by atoms with Crippen LogP contribution in [0.25, 0.3) is 0 Å². The Balaban J connectivity index is 1.52. The fourth-order valence-corrected chi connectivity index (χ4v) is 4.59. The number of nitriles is 1. The molecule has 1 amide bonds. The summed E-state index contributed by atoms with van der Waals surface area (Å²) in [6, 6.07) is 2.14. The Morgan fingerprint density at radius 3 is 2.62 bits per heavy atom. The minimum atomic E-state index is -0.277. The summed E-state index contributed by atoms with van der Waals surface area (Å²) in [6.07, 6.45) is 5.23. The van der Waals surface area contributed by atoms with Gasteiger partial charge in [-0.25, -0.2) is 4.42 Å². The first kappa shape index (κ1) is 15.1. The van der Waals surface area contributed by atoms with Gasteiger partial charge in [-0.05, 0) is 62.1 Å². The first-order valence-electron chi connectivity index (χ1n) is 7.88. The topological polar surface area (TPSA) is 67.6 Å². The van der Waals surface area contributed by atoms with Crippen LogP contribution in [-0.2, 0) is 4.79 Å². The first-order chi connectivity index (χ1) is 10.1. The Labute approximate surface area is 130 Å². The monoisotopic (exact) mass is 311 g/mol. The van der Waals surface area contributed by atoms with E-state index >= 15 is 0 Å². The fraction of sp³-hybridized carbons (Fsp3) is 0.867. The maximum Gasteiger partial charge on any atom is 0.239 e. The lowest BCUT2D eigenvalue weighted by Crippen LogP contribution is -2.42. The van der Waals surface area contributed by atoms with Gasteiger partial charge in [-0.1, -0.05) is 0 Å². The lowest BCUT2D eigenvalue weighted by Gasteiger charge is -2.26. The van der Waals surface area contributed by atoms with Crippen LogP contribution in [0.3, 0.4) is 0 Å². The number of aliphatic hydroxyl groups excluding tert-OH is 1. The molecule has 2 saturated carbocycles. The van der Waals surface area contributed by atoms with Gasteiger partial charge in [-0.2, -0.15) is 5.26 Å². The molecule has 6 heteroatoms. The molecule has 0 bridgehead atoms. The number of halogens is 1. The van der Waals surface area contributed by atoms with E-state index in [2.05, 4.69) is 6.07 Å². The van der Waals surface area contributed by atoms with E-state index in [1.54, 1.807) is 9.32 Å². The summed E-state index contributed by atoms with van der Waals surface area (Å²) in [4.78, 5) is 14.0. The molecule has 1 aliphatic heterocycles. The standard InChI is InChI=1S/C15H22ClN3O2/c16-19(9-15(21)18-3-1-2-12(18)8-17)13-4-10-6-14(20)7-11(10)5-13/h10-14,20H,1-7,9H2/t10-,11+,12-,13-,14+/m0/s1. The Hall–Kier alpha value is -0.830. The van der Waals surface area contributed by atoms with Gasteiger partial charge in [0.25, 0.3) is 0 Å². The van der Waals surface area contributed by atoms with Crippen molar-refractivity contribution in [3.8, 4) is 6.07 Å². The number of amides is 1. The summed E-state index contributed by atoms with van der Waals surface area (Å²) in [6.45, 7) is 0.857. The first-order valence-corrected chi connectivity index (χ1v) is 8.22. The molecule has 1 saturated heterocycles. The van der Waals surface area contributed by atoms with Crippen molar-refractivity contribution in [2.45, 2.75) is 56.7 Å². The Morgan fingerprint density at radius 1 is 1.33 bits per heavy atom. The van der Waals surface area contributed by atoms with Gasteiger partial charge in [-0.3, -0.25) is 4.79 Å². The Kier molecular flexibility index (Phi) is 4.39. The van der Waals surface area contributed by atoms with Crippen molar-refractivity contribution in [3.63, 3.8) is 0 Å². The van der Waals surface area contributed by atoms with Gasteiger partial charge >= 0.3 is 0 Å². The van der Waals surface area contributed by atoms with Gasteiger partial charge in [-0.15, -0.1) is 0 Å². The Morgan fingerprint density at radius 2 is 2.00 bits per heavy atom. The maximum atomic E-state index is 12.3. The number of carbonyl (C=O) groups excluding carboxylic acids is 1. The highest BCUT2D eigenvalue weighted by atomic mass is 35.5. The second-order valence-corrected chi connectivity index (χ2v) is 7.14. The highest BCUT2D eigenvalue weighted by molar-refractivity contribution is 6.14. The average Bonchev–Trinajstić information content (AvgIpc) is 3.10. The lowest BCUT2D eigenvalue weighted by atomic mass is 10.0. The van der Waals surface area contributed by atoms with Crippen LogP contribution in [-0.4, -0.2) is 51.6 Å². The third kappa shape index (κ3) is 3.03. The van der Waals surface area contributed by atoms with Gasteiger partial charge in [0.05, 0.1) is 18.7 Å². The van der Waals surface area contributed by atoms with Crippen LogP contribution in [0.2, 0.25) is 0 Å². The van der Waals surface area contributed by atoms with E-state index < -0.39 is 0 Å². The van der Waals surface area contributed by atoms with E-state index in [1.165, 1.54) is 0 Å². The van der Waals surface area contributed by atoms with Crippen LogP contribution in [0.4, 0.5) is 0 Å². The quantitative estimate of drug-likeness (QED) is 0.802. The van der Waals surface area contributed by atoms with Crippen LogP contribution in [0.5, 0.6) is 0 Å². The molecule has 1 heterocycles. The van der Waals surface area contributed by atoms with Gasteiger partial charge in [0, 0.05) is 12.6 Å². The van der Waals surface area contributed by atoms with E-state index in [0.717, 1.165) is 38.5 Å². The third-order valence-corrected chi connectivity index (χ3v) is 5.77. The molecular formula is C15H22ClN3O2. The van der Waals surface area contributed by atoms with Crippen LogP contribution >= 0.6 is 11.8 Å². The largest absolute Gasteiger partial charge is 0.393 e. The molecule has 3 aliphatic rings. The molecule has 116 valence electrons. The SMILES string of the molecule is N#C[C@@H]1CCCN1C(=O)CN(Cl)[C@H]1C[C@H]2C[C@@H](O)C[C@H]2C1. The molecule has 3 rings (SSSR count). The highest BCUT2D eigenvalue weighted by Gasteiger charge is 2.43. The second-order valence-electron chi connectivity index (χ2n) is 6.70.